The number of aromatic nitrogens is 2. The quantitative estimate of drug-likeness (QED) is 0.341. The van der Waals surface area contributed by atoms with E-state index in [0.717, 1.165) is 27.5 Å². The number of hydrogen-bond acceptors (Lipinski definition) is 2. The van der Waals surface area contributed by atoms with E-state index in [2.05, 4.69) is 37.3 Å². The molecule has 0 amide bonds. The first-order chi connectivity index (χ1) is 9.31. The molecule has 19 heavy (non-hydrogen) atoms. The van der Waals surface area contributed by atoms with Crippen LogP contribution < -0.4 is 0 Å². The number of aryl methyl sites for hydroxylation is 1. The zero-order valence-corrected chi connectivity index (χ0v) is 10.6. The van der Waals surface area contributed by atoms with E-state index in [1.807, 2.05) is 24.3 Å². The highest BCUT2D eigenvalue weighted by Crippen LogP contribution is 2.24. The molecular weight excluding hydrogens is 232 g/mol. The van der Waals surface area contributed by atoms with Gasteiger partial charge in [0, 0.05) is 5.39 Å². The van der Waals surface area contributed by atoms with Gasteiger partial charge in [0.15, 0.2) is 0 Å². The summed E-state index contributed by atoms with van der Waals surface area (Å²) in [6, 6.07) is 18.7. The fraction of sp³-hybridized carbons (Fsp3) is 0.0588. The van der Waals surface area contributed by atoms with Crippen molar-refractivity contribution in [3.8, 4) is 0 Å². The molecular formula is C17H12N2. The minimum atomic E-state index is 0.952. The Morgan fingerprint density at radius 2 is 1.58 bits per heavy atom. The van der Waals surface area contributed by atoms with Gasteiger partial charge in [-0.25, -0.2) is 9.97 Å². The third-order valence-corrected chi connectivity index (χ3v) is 3.48. The number of hydrogen-bond donors (Lipinski definition) is 0. The van der Waals surface area contributed by atoms with Crippen molar-refractivity contribution < 1.29 is 0 Å². The molecule has 3 aromatic carbocycles. The third kappa shape index (κ3) is 1.57. The fourth-order valence-electron chi connectivity index (χ4n) is 2.52. The van der Waals surface area contributed by atoms with Crippen molar-refractivity contribution in [1.82, 2.24) is 9.97 Å². The Kier molecular flexibility index (Phi) is 2.06. The fourth-order valence-corrected chi connectivity index (χ4v) is 2.52. The van der Waals surface area contributed by atoms with Crippen LogP contribution in [0.3, 0.4) is 0 Å². The highest BCUT2D eigenvalue weighted by molar-refractivity contribution is 6.05. The average Bonchev–Trinajstić information content (AvgIpc) is 2.45. The predicted molar refractivity (Wildman–Crippen MR) is 79.3 cm³/mol. The molecule has 0 aliphatic rings. The molecule has 0 spiro atoms. The van der Waals surface area contributed by atoms with Gasteiger partial charge < -0.3 is 0 Å². The van der Waals surface area contributed by atoms with Gasteiger partial charge in [-0.05, 0) is 36.1 Å². The molecule has 2 heteroatoms. The topological polar surface area (TPSA) is 25.8 Å². The number of fused-ring (bicyclic) bond motifs is 4. The molecule has 1 heterocycles. The van der Waals surface area contributed by atoms with Crippen LogP contribution in [0.5, 0.6) is 0 Å². The molecule has 0 radical (unpaired) electrons. The van der Waals surface area contributed by atoms with Crippen LogP contribution in [0.25, 0.3) is 32.8 Å². The molecule has 90 valence electrons. The summed E-state index contributed by atoms with van der Waals surface area (Å²) in [4.78, 5) is 9.51. The van der Waals surface area contributed by atoms with E-state index in [-0.39, 0.29) is 0 Å². The summed E-state index contributed by atoms with van der Waals surface area (Å²) in [6.07, 6.45) is 0. The lowest BCUT2D eigenvalue weighted by molar-refractivity contribution is 1.38. The molecule has 0 N–H and O–H groups in total. The summed E-state index contributed by atoms with van der Waals surface area (Å²) in [6.45, 7) is 2.08. The van der Waals surface area contributed by atoms with Gasteiger partial charge in [-0.15, -0.1) is 0 Å². The molecule has 0 fully saturated rings. The molecule has 4 aromatic rings. The number of benzene rings is 3. The second-order valence-electron chi connectivity index (χ2n) is 4.87. The SMILES string of the molecule is Cc1ccc2nc3ccc4ccccc4c3nc2c1. The van der Waals surface area contributed by atoms with Crippen molar-refractivity contribution in [3.05, 3.63) is 60.2 Å². The summed E-state index contributed by atoms with van der Waals surface area (Å²) in [5.41, 5.74) is 5.06. The normalized spacial score (nSPS) is 11.4. The van der Waals surface area contributed by atoms with E-state index in [4.69, 9.17) is 9.97 Å². The van der Waals surface area contributed by atoms with Crippen LogP contribution in [-0.4, -0.2) is 9.97 Å². The zero-order chi connectivity index (χ0) is 12.8. The highest BCUT2D eigenvalue weighted by atomic mass is 14.8. The first-order valence-corrected chi connectivity index (χ1v) is 6.37. The van der Waals surface area contributed by atoms with Crippen LogP contribution in [0, 0.1) is 6.92 Å². The predicted octanol–water partition coefficient (Wildman–Crippen LogP) is 4.24. The van der Waals surface area contributed by atoms with Gasteiger partial charge in [-0.2, -0.15) is 0 Å². The van der Waals surface area contributed by atoms with E-state index in [0.29, 0.717) is 0 Å². The van der Waals surface area contributed by atoms with Gasteiger partial charge >= 0.3 is 0 Å². The second-order valence-corrected chi connectivity index (χ2v) is 4.87. The highest BCUT2D eigenvalue weighted by Gasteiger charge is 2.05. The van der Waals surface area contributed by atoms with Gasteiger partial charge in [0.25, 0.3) is 0 Å². The second kappa shape index (κ2) is 3.75. The molecule has 0 aliphatic heterocycles. The van der Waals surface area contributed by atoms with Gasteiger partial charge in [0.05, 0.1) is 22.1 Å². The van der Waals surface area contributed by atoms with Gasteiger partial charge in [0.2, 0.25) is 0 Å². The van der Waals surface area contributed by atoms with Crippen molar-refractivity contribution in [2.24, 2.45) is 0 Å². The molecule has 0 bridgehead atoms. The lowest BCUT2D eigenvalue weighted by Crippen LogP contribution is -1.89. The Bertz CT molecular complexity index is 926. The minimum Gasteiger partial charge on any atom is -0.244 e. The van der Waals surface area contributed by atoms with E-state index in [9.17, 15) is 0 Å². The maximum Gasteiger partial charge on any atom is 0.0972 e. The molecule has 0 aliphatic carbocycles. The number of nitrogens with zero attached hydrogens (tertiary/aromatic N) is 2. The van der Waals surface area contributed by atoms with Gasteiger partial charge in [-0.3, -0.25) is 0 Å². The van der Waals surface area contributed by atoms with E-state index in [1.165, 1.54) is 10.9 Å². The van der Waals surface area contributed by atoms with Crippen molar-refractivity contribution in [2.45, 2.75) is 6.92 Å². The van der Waals surface area contributed by atoms with Crippen molar-refractivity contribution in [1.29, 1.82) is 0 Å². The van der Waals surface area contributed by atoms with E-state index in [1.54, 1.807) is 0 Å². The first-order valence-electron chi connectivity index (χ1n) is 6.37. The maximum atomic E-state index is 4.80. The first kappa shape index (κ1) is 10.4. The van der Waals surface area contributed by atoms with Crippen molar-refractivity contribution >= 4 is 32.8 Å². The summed E-state index contributed by atoms with van der Waals surface area (Å²) in [7, 11) is 0. The summed E-state index contributed by atoms with van der Waals surface area (Å²) < 4.78 is 0. The summed E-state index contributed by atoms with van der Waals surface area (Å²) in [5, 5.41) is 2.37. The lowest BCUT2D eigenvalue weighted by Gasteiger charge is -2.05. The van der Waals surface area contributed by atoms with Crippen LogP contribution >= 0.6 is 0 Å². The van der Waals surface area contributed by atoms with E-state index >= 15 is 0 Å². The van der Waals surface area contributed by atoms with E-state index < -0.39 is 0 Å². The van der Waals surface area contributed by atoms with Crippen LogP contribution in [0.15, 0.2) is 54.6 Å². The Balaban J connectivity index is 2.23. The maximum absolute atomic E-state index is 4.80. The smallest absolute Gasteiger partial charge is 0.0972 e. The molecule has 0 unspecified atom stereocenters. The van der Waals surface area contributed by atoms with Gasteiger partial charge in [-0.1, -0.05) is 36.4 Å². The lowest BCUT2D eigenvalue weighted by atomic mass is 10.1. The van der Waals surface area contributed by atoms with Crippen LogP contribution in [0.2, 0.25) is 0 Å². The van der Waals surface area contributed by atoms with Crippen LogP contribution in [0.4, 0.5) is 0 Å². The standard InChI is InChI=1S/C17H12N2/c1-11-6-8-14-16(10-11)19-17-13-5-3-2-4-12(13)7-9-15(17)18-14/h2-10H,1H3. The Morgan fingerprint density at radius 3 is 2.53 bits per heavy atom. The Hall–Kier alpha value is -2.48. The van der Waals surface area contributed by atoms with Gasteiger partial charge in [0.1, 0.15) is 0 Å². The zero-order valence-electron chi connectivity index (χ0n) is 10.6. The number of rotatable bonds is 0. The molecule has 2 nitrogen and oxygen atoms in total. The van der Waals surface area contributed by atoms with Crippen molar-refractivity contribution in [3.63, 3.8) is 0 Å². The molecule has 1 aromatic heterocycles. The summed E-state index contributed by atoms with van der Waals surface area (Å²) in [5.74, 6) is 0. The average molecular weight is 244 g/mol. The molecule has 4 rings (SSSR count). The van der Waals surface area contributed by atoms with Crippen LogP contribution in [0.1, 0.15) is 5.56 Å². The third-order valence-electron chi connectivity index (χ3n) is 3.48. The monoisotopic (exact) mass is 244 g/mol. The molecule has 0 atom stereocenters. The summed E-state index contributed by atoms with van der Waals surface area (Å²) >= 11 is 0. The molecule has 0 saturated carbocycles. The van der Waals surface area contributed by atoms with Crippen molar-refractivity contribution in [2.75, 3.05) is 0 Å². The Morgan fingerprint density at radius 1 is 0.737 bits per heavy atom. The minimum absolute atomic E-state index is 0.952. The largest absolute Gasteiger partial charge is 0.244 e. The van der Waals surface area contributed by atoms with Crippen LogP contribution in [-0.2, 0) is 0 Å². The Labute approximate surface area is 110 Å². The molecule has 0 saturated heterocycles.